The number of benzene rings is 2. The molecule has 0 saturated carbocycles. The third-order valence-corrected chi connectivity index (χ3v) is 8.86. The quantitative estimate of drug-likeness (QED) is 0.0716. The van der Waals surface area contributed by atoms with Crippen molar-refractivity contribution in [2.75, 3.05) is 34.0 Å². The van der Waals surface area contributed by atoms with E-state index in [1.807, 2.05) is 13.8 Å². The molecule has 58 heavy (non-hydrogen) atoms. The van der Waals surface area contributed by atoms with Gasteiger partial charge in [-0.1, -0.05) is 44.2 Å². The van der Waals surface area contributed by atoms with Crippen LogP contribution in [0.4, 0.5) is 11.4 Å². The molecule has 4 rings (SSSR count). The van der Waals surface area contributed by atoms with E-state index in [2.05, 4.69) is 10.6 Å². The van der Waals surface area contributed by atoms with Crippen LogP contribution in [0.5, 0.6) is 0 Å². The zero-order valence-electron chi connectivity index (χ0n) is 34.3. The minimum atomic E-state index is -0.977. The summed E-state index contributed by atoms with van der Waals surface area (Å²) in [6.45, 7) is 14.4. The number of allylic oxidation sites excluding steroid dienone is 4. The Hall–Kier alpha value is -6.36. The van der Waals surface area contributed by atoms with Gasteiger partial charge >= 0.3 is 23.9 Å². The summed E-state index contributed by atoms with van der Waals surface area (Å²) in [5, 5.41) is 28.9. The van der Waals surface area contributed by atoms with Crippen molar-refractivity contribution < 1.29 is 52.7 Å². The second-order valence-electron chi connectivity index (χ2n) is 14.0. The smallest absolute Gasteiger partial charge is 0.337 e. The van der Waals surface area contributed by atoms with Gasteiger partial charge in [0.25, 0.3) is 11.4 Å². The highest BCUT2D eigenvalue weighted by molar-refractivity contribution is 6.01. The molecule has 0 amide bonds. The van der Waals surface area contributed by atoms with Crippen LogP contribution in [0.2, 0.25) is 0 Å². The Labute approximate surface area is 336 Å². The Morgan fingerprint density at radius 3 is 1.72 bits per heavy atom. The fraction of sp³-hybridized carbons (Fsp3) is 0.415. The lowest BCUT2D eigenvalue weighted by atomic mass is 9.79. The lowest BCUT2D eigenvalue weighted by Crippen LogP contribution is -2.33. The topological polar surface area (TPSA) is 225 Å². The van der Waals surface area contributed by atoms with Gasteiger partial charge in [0.15, 0.2) is 0 Å². The third kappa shape index (κ3) is 11.1. The molecule has 17 nitrogen and oxygen atoms in total. The minimum Gasteiger partial charge on any atom is -0.466 e. The largest absolute Gasteiger partial charge is 0.466 e. The maximum Gasteiger partial charge on any atom is 0.337 e. The number of non-ortho nitro benzene ring substituents is 1. The average molecular weight is 807 g/mol. The SMILES string of the molecule is COC(=O)C1=C(C)NC(C)=C(C(=O)OCC(C)C)C1c1ccccc1[N+](=O)[O-].COCCOC(=O)C1=C(C)NC(C)=C(C(=O)OC(C)C)C1c1cccc([N+](=O)[O-])c1. The zero-order valence-corrected chi connectivity index (χ0v) is 34.3. The standard InChI is InChI=1S/C21H26N2O7.C20H24N2O6/c1-12(2)30-21(25)18-14(4)22-13(3)17(20(24)29-10-9-28-5)19(18)15-7-6-8-16(11-15)23(26)27;1-11(2)10-28-20(24)17-13(4)21-12(3)16(19(23)27-5)18(17)14-8-6-7-9-15(14)22(25)26/h6-8,11-12,19,22H,9-10H2,1-5H3;6-9,11,18,21H,10H2,1-5H3. The molecule has 0 saturated heterocycles. The van der Waals surface area contributed by atoms with Gasteiger partial charge in [-0.25, -0.2) is 19.2 Å². The summed E-state index contributed by atoms with van der Waals surface area (Å²) in [4.78, 5) is 73.0. The number of hydrogen-bond acceptors (Lipinski definition) is 15. The van der Waals surface area contributed by atoms with E-state index in [0.717, 1.165) is 0 Å². The number of esters is 4. The second kappa shape index (κ2) is 20.7. The maximum atomic E-state index is 12.9. The molecule has 312 valence electrons. The number of nitrogens with zero attached hydrogens (tertiary/aromatic N) is 2. The molecular formula is C41H50N4O13. The van der Waals surface area contributed by atoms with Gasteiger partial charge in [0.05, 0.1) is 70.4 Å². The number of carbonyl (C=O) groups is 4. The summed E-state index contributed by atoms with van der Waals surface area (Å²) in [7, 11) is 2.71. The van der Waals surface area contributed by atoms with E-state index in [9.17, 15) is 39.4 Å². The van der Waals surface area contributed by atoms with Crippen LogP contribution >= 0.6 is 0 Å². The van der Waals surface area contributed by atoms with Gasteiger partial charge in [-0.3, -0.25) is 20.2 Å². The van der Waals surface area contributed by atoms with Gasteiger partial charge in [0.1, 0.15) is 6.61 Å². The lowest BCUT2D eigenvalue weighted by Gasteiger charge is -2.30. The van der Waals surface area contributed by atoms with Gasteiger partial charge in [0, 0.05) is 53.7 Å². The van der Waals surface area contributed by atoms with Crippen molar-refractivity contribution in [3.63, 3.8) is 0 Å². The molecule has 0 radical (unpaired) electrons. The number of nitro benzene ring substituents is 2. The molecule has 0 spiro atoms. The number of ether oxygens (including phenoxy) is 5. The molecule has 2 atom stereocenters. The van der Waals surface area contributed by atoms with Crippen molar-refractivity contribution in [3.05, 3.63) is 125 Å². The molecule has 2 unspecified atom stereocenters. The molecule has 17 heteroatoms. The summed E-state index contributed by atoms with van der Waals surface area (Å²) >= 11 is 0. The molecule has 0 aromatic heterocycles. The van der Waals surface area contributed by atoms with E-state index < -0.39 is 45.6 Å². The van der Waals surface area contributed by atoms with Crippen LogP contribution in [0, 0.1) is 26.1 Å². The number of methoxy groups -OCH3 is 2. The molecule has 0 fully saturated rings. The van der Waals surface area contributed by atoms with Crippen molar-refractivity contribution in [1.82, 2.24) is 10.6 Å². The summed E-state index contributed by atoms with van der Waals surface area (Å²) in [5.41, 5.74) is 2.92. The van der Waals surface area contributed by atoms with E-state index in [-0.39, 0.29) is 71.1 Å². The fourth-order valence-corrected chi connectivity index (χ4v) is 6.43. The van der Waals surface area contributed by atoms with Crippen LogP contribution in [-0.4, -0.2) is 73.9 Å². The molecule has 2 N–H and O–H groups in total. The lowest BCUT2D eigenvalue weighted by molar-refractivity contribution is -0.385. The van der Waals surface area contributed by atoms with Crippen LogP contribution in [0.3, 0.4) is 0 Å². The van der Waals surface area contributed by atoms with Crippen LogP contribution in [0.25, 0.3) is 0 Å². The second-order valence-corrected chi connectivity index (χ2v) is 14.0. The highest BCUT2D eigenvalue weighted by atomic mass is 16.6. The van der Waals surface area contributed by atoms with Gasteiger partial charge in [-0.15, -0.1) is 0 Å². The molecule has 2 aromatic carbocycles. The number of carbonyl (C=O) groups excluding carboxylic acids is 4. The van der Waals surface area contributed by atoms with Crippen molar-refractivity contribution in [2.45, 2.75) is 73.3 Å². The van der Waals surface area contributed by atoms with E-state index in [0.29, 0.717) is 28.4 Å². The Kier molecular flexibility index (Phi) is 16.4. The summed E-state index contributed by atoms with van der Waals surface area (Å²) < 4.78 is 25.9. The Morgan fingerprint density at radius 1 is 0.672 bits per heavy atom. The Morgan fingerprint density at radius 2 is 1.21 bits per heavy atom. The molecule has 0 bridgehead atoms. The third-order valence-electron chi connectivity index (χ3n) is 8.86. The summed E-state index contributed by atoms with van der Waals surface area (Å²) in [5.74, 6) is -4.30. The summed E-state index contributed by atoms with van der Waals surface area (Å²) in [6, 6.07) is 11.9. The Balaban J connectivity index is 0.000000311. The molecular weight excluding hydrogens is 756 g/mol. The highest BCUT2D eigenvalue weighted by Gasteiger charge is 2.41. The number of nitro groups is 2. The van der Waals surface area contributed by atoms with Gasteiger partial charge in [-0.2, -0.15) is 0 Å². The van der Waals surface area contributed by atoms with E-state index in [4.69, 9.17) is 23.7 Å². The maximum absolute atomic E-state index is 12.9. The van der Waals surface area contributed by atoms with Gasteiger partial charge in [0.2, 0.25) is 0 Å². The first-order chi connectivity index (χ1) is 27.4. The number of rotatable bonds is 14. The number of dihydropyridines is 2. The molecule has 2 heterocycles. The predicted molar refractivity (Wildman–Crippen MR) is 211 cm³/mol. The molecule has 0 aliphatic carbocycles. The molecule has 2 aliphatic heterocycles. The van der Waals surface area contributed by atoms with Gasteiger partial charge in [-0.05, 0) is 53.0 Å². The number of nitrogens with one attached hydrogen (secondary N) is 2. The monoisotopic (exact) mass is 806 g/mol. The van der Waals surface area contributed by atoms with Crippen LogP contribution in [0.1, 0.15) is 78.4 Å². The van der Waals surface area contributed by atoms with Gasteiger partial charge < -0.3 is 34.3 Å². The zero-order chi connectivity index (χ0) is 43.4. The number of hydrogen-bond donors (Lipinski definition) is 2. The van der Waals surface area contributed by atoms with E-state index >= 15 is 0 Å². The minimum absolute atomic E-state index is 0.0300. The van der Waals surface area contributed by atoms with Crippen LogP contribution in [-0.2, 0) is 42.9 Å². The van der Waals surface area contributed by atoms with Crippen molar-refractivity contribution in [3.8, 4) is 0 Å². The number of para-hydroxylation sites is 1. The molecule has 2 aromatic rings. The van der Waals surface area contributed by atoms with E-state index in [1.54, 1.807) is 53.7 Å². The Bertz CT molecular complexity index is 2060. The fourth-order valence-electron chi connectivity index (χ4n) is 6.43. The predicted octanol–water partition coefficient (Wildman–Crippen LogP) is 6.17. The first-order valence-electron chi connectivity index (χ1n) is 18.3. The summed E-state index contributed by atoms with van der Waals surface area (Å²) in [6.07, 6.45) is -0.382. The normalized spacial score (nSPS) is 16.6. The van der Waals surface area contributed by atoms with Crippen molar-refractivity contribution >= 4 is 35.3 Å². The van der Waals surface area contributed by atoms with E-state index in [1.165, 1.54) is 50.6 Å². The highest BCUT2D eigenvalue weighted by Crippen LogP contribution is 2.43. The first-order valence-corrected chi connectivity index (χ1v) is 18.3. The van der Waals surface area contributed by atoms with Crippen LogP contribution in [0.15, 0.2) is 93.6 Å². The van der Waals surface area contributed by atoms with Crippen molar-refractivity contribution in [2.24, 2.45) is 5.92 Å². The van der Waals surface area contributed by atoms with Crippen LogP contribution < -0.4 is 10.6 Å². The molecule has 2 aliphatic rings. The first kappa shape index (κ1) is 46.0. The average Bonchev–Trinajstić information content (AvgIpc) is 3.16. The van der Waals surface area contributed by atoms with Crippen molar-refractivity contribution in [1.29, 1.82) is 0 Å².